The quantitative estimate of drug-likeness (QED) is 0.329. The molecule has 0 saturated carbocycles. The zero-order valence-corrected chi connectivity index (χ0v) is 14.4. The van der Waals surface area contributed by atoms with Crippen LogP contribution in [0.3, 0.4) is 0 Å². The second kappa shape index (κ2) is 168. The maximum Gasteiger partial charge on any atom is 5.00 e. The van der Waals surface area contributed by atoms with Gasteiger partial charge in [0.15, 0.2) is 0 Å². The van der Waals surface area contributed by atoms with Gasteiger partial charge in [0.05, 0.1) is 0 Å². The molecule has 0 saturated heterocycles. The molecule has 0 rings (SSSR count). The average Bonchev–Trinajstić information content (AvgIpc) is 0. The molecule has 0 aliphatic heterocycles. The molecule has 11 heavy (non-hydrogen) atoms. The van der Waals surface area contributed by atoms with Crippen molar-refractivity contribution in [2.75, 3.05) is 0 Å². The van der Waals surface area contributed by atoms with Gasteiger partial charge >= 0.3 is 33.3 Å². The third-order valence-electron chi connectivity index (χ3n) is 0. The smallest absolute Gasteiger partial charge is 1.00 e. The van der Waals surface area contributed by atoms with Crippen molar-refractivity contribution in [2.24, 2.45) is 0 Å². The zero-order valence-electron chi connectivity index (χ0n) is 4.35. The van der Waals surface area contributed by atoms with Crippen LogP contribution in [0.5, 0.6) is 0 Å². The van der Waals surface area contributed by atoms with Gasteiger partial charge in [-0.1, -0.05) is 0 Å². The van der Waals surface area contributed by atoms with Crippen LogP contribution in [0.4, 0.5) is 0 Å². The average molecular weight is 440 g/mol. The molecule has 0 radical (unpaired) electrons. The van der Waals surface area contributed by atoms with E-state index in [9.17, 15) is 0 Å². The van der Waals surface area contributed by atoms with Crippen LogP contribution in [0, 0.1) is 0 Å². The Morgan fingerprint density at radius 3 is 0.273 bits per heavy atom. The maximum absolute atomic E-state index is 0. The van der Waals surface area contributed by atoms with Crippen LogP contribution in [-0.4, -0.2) is 11.0 Å². The second-order valence-corrected chi connectivity index (χ2v) is 0. The van der Waals surface area contributed by atoms with Gasteiger partial charge < -0.3 is 112 Å². The van der Waals surface area contributed by atoms with Crippen molar-refractivity contribution in [2.45, 2.75) is 0 Å². The molecule has 0 heterocycles. The molecule has 11 heteroatoms. The Kier molecular flexibility index (Phi) is 3230. The number of rotatable bonds is 0. The standard InChI is InChI=1S/9ClH.Nb.Si/h9*1H;;/q;;;;;;;;;+5;+4/p-9. The Labute approximate surface area is 143 Å². The number of hydrogen-bond donors (Lipinski definition) is 0. The molecule has 0 unspecified atom stereocenters. The van der Waals surface area contributed by atoms with E-state index in [1.54, 1.807) is 0 Å². The van der Waals surface area contributed by atoms with E-state index in [4.69, 9.17) is 0 Å². The van der Waals surface area contributed by atoms with Crippen LogP contribution in [0.2, 0.25) is 0 Å². The third-order valence-corrected chi connectivity index (χ3v) is 0. The zero-order chi connectivity index (χ0) is 0. The summed E-state index contributed by atoms with van der Waals surface area (Å²) in [7, 11) is 0. The van der Waals surface area contributed by atoms with Crippen LogP contribution in [0.1, 0.15) is 0 Å². The van der Waals surface area contributed by atoms with E-state index in [2.05, 4.69) is 0 Å². The molecular weight excluding hydrogens is 440 g/mol. The van der Waals surface area contributed by atoms with E-state index < -0.39 is 0 Å². The monoisotopic (exact) mass is 436 g/mol. The summed E-state index contributed by atoms with van der Waals surface area (Å²) in [5, 5.41) is 0. The minimum absolute atomic E-state index is 0. The molecule has 72 valence electrons. The van der Waals surface area contributed by atoms with Gasteiger partial charge in [-0.05, 0) is 0 Å². The summed E-state index contributed by atoms with van der Waals surface area (Å²) in [5.74, 6) is 0. The maximum atomic E-state index is 0. The predicted molar refractivity (Wildman–Crippen MR) is 5.75 cm³/mol. The van der Waals surface area contributed by atoms with Crippen molar-refractivity contribution in [3.8, 4) is 0 Å². The fraction of sp³-hybridized carbons (Fsp3) is 0. The van der Waals surface area contributed by atoms with E-state index in [0.717, 1.165) is 0 Å². The largest absolute Gasteiger partial charge is 5.00 e. The fourth-order valence-corrected chi connectivity index (χ4v) is 0. The summed E-state index contributed by atoms with van der Waals surface area (Å²) in [4.78, 5) is 0. The van der Waals surface area contributed by atoms with Crippen molar-refractivity contribution in [1.82, 2.24) is 0 Å². The van der Waals surface area contributed by atoms with Gasteiger partial charge in [0.1, 0.15) is 0 Å². The minimum Gasteiger partial charge on any atom is -1.00 e. The van der Waals surface area contributed by atoms with Gasteiger partial charge in [-0.15, -0.1) is 0 Å². The molecule has 0 N–H and O–H groups in total. The Balaban J connectivity index is 0. The fourth-order valence-electron chi connectivity index (χ4n) is 0. The van der Waals surface area contributed by atoms with Crippen molar-refractivity contribution in [3.63, 3.8) is 0 Å². The van der Waals surface area contributed by atoms with E-state index in [-0.39, 0.29) is 145 Å². The van der Waals surface area contributed by atoms with Gasteiger partial charge in [0.25, 0.3) is 0 Å². The SMILES string of the molecule is [Cl-].[Cl-].[Cl-].[Cl-].[Cl-].[Cl-].[Cl-].[Cl-].[Cl-].[Nb+5].[Si+4]. The topological polar surface area (TPSA) is 0 Å². The van der Waals surface area contributed by atoms with Crippen LogP contribution >= 0.6 is 0 Å². The molecule has 0 bridgehead atoms. The third kappa shape index (κ3) is 143. The number of hydrogen-bond acceptors (Lipinski definition) is 0. The summed E-state index contributed by atoms with van der Waals surface area (Å²) in [6.45, 7) is 0. The second-order valence-electron chi connectivity index (χ2n) is 0. The van der Waals surface area contributed by atoms with Gasteiger partial charge in [-0.2, -0.15) is 0 Å². The molecule has 0 aromatic carbocycles. The Bertz CT molecular complexity index is 9.52. The van der Waals surface area contributed by atoms with Crippen LogP contribution in [0.25, 0.3) is 0 Å². The molecule has 0 amide bonds. The summed E-state index contributed by atoms with van der Waals surface area (Å²) in [5.41, 5.74) is 0. The van der Waals surface area contributed by atoms with Gasteiger partial charge in [0, 0.05) is 0 Å². The van der Waals surface area contributed by atoms with Crippen LogP contribution < -0.4 is 112 Å². The van der Waals surface area contributed by atoms with Crippen LogP contribution in [-0.2, 0) is 22.4 Å². The van der Waals surface area contributed by atoms with E-state index >= 15 is 0 Å². The van der Waals surface area contributed by atoms with Crippen molar-refractivity contribution in [3.05, 3.63) is 0 Å². The van der Waals surface area contributed by atoms with Gasteiger partial charge in [-0.25, -0.2) is 0 Å². The van der Waals surface area contributed by atoms with E-state index in [1.165, 1.54) is 0 Å². The summed E-state index contributed by atoms with van der Waals surface area (Å²) in [6.07, 6.45) is 0. The normalized spacial score (nSPS) is 0. The summed E-state index contributed by atoms with van der Waals surface area (Å²) in [6, 6.07) is 0. The Morgan fingerprint density at radius 2 is 0.273 bits per heavy atom. The molecule has 0 atom stereocenters. The van der Waals surface area contributed by atoms with Crippen molar-refractivity contribution >= 4 is 11.0 Å². The first-order valence-corrected chi connectivity index (χ1v) is 0. The molecule has 0 aromatic rings. The molecular formula is Cl9NbSi. The van der Waals surface area contributed by atoms with E-state index in [1.807, 2.05) is 0 Å². The molecule has 0 spiro atoms. The van der Waals surface area contributed by atoms with Crippen LogP contribution in [0.15, 0.2) is 0 Å². The Morgan fingerprint density at radius 1 is 0.273 bits per heavy atom. The molecule has 0 fully saturated rings. The minimum atomic E-state index is 0. The van der Waals surface area contributed by atoms with Crippen molar-refractivity contribution in [1.29, 1.82) is 0 Å². The molecule has 0 aliphatic carbocycles. The molecule has 0 aromatic heterocycles. The number of halogens is 9. The molecule has 0 nitrogen and oxygen atoms in total. The molecule has 0 aliphatic rings. The first-order valence-electron chi connectivity index (χ1n) is 0. The summed E-state index contributed by atoms with van der Waals surface area (Å²) < 4.78 is 0. The predicted octanol–water partition coefficient (Wildman–Crippen LogP) is -27.3. The Hall–Kier alpha value is 3.57. The van der Waals surface area contributed by atoms with E-state index in [0.29, 0.717) is 0 Å². The van der Waals surface area contributed by atoms with Crippen molar-refractivity contribution < 1.29 is 134 Å². The first-order chi connectivity index (χ1) is 0. The van der Waals surface area contributed by atoms with Gasteiger partial charge in [0.2, 0.25) is 0 Å². The summed E-state index contributed by atoms with van der Waals surface area (Å²) >= 11 is 0. The first kappa shape index (κ1) is 211. The van der Waals surface area contributed by atoms with Gasteiger partial charge in [-0.3, -0.25) is 0 Å².